The van der Waals surface area contributed by atoms with Crippen molar-refractivity contribution in [3.8, 4) is 28.4 Å². The second-order valence-corrected chi connectivity index (χ2v) is 5.86. The van der Waals surface area contributed by atoms with Crippen LogP contribution in [0, 0.1) is 20.8 Å². The summed E-state index contributed by atoms with van der Waals surface area (Å²) in [6.45, 7) is 6.00. The average molecular weight is 308 g/mol. The van der Waals surface area contributed by atoms with Gasteiger partial charge in [-0.15, -0.1) is 0 Å². The summed E-state index contributed by atoms with van der Waals surface area (Å²) in [5.41, 5.74) is 4.66. The Bertz CT molecular complexity index is 911. The molecule has 0 unspecified atom stereocenters. The van der Waals surface area contributed by atoms with E-state index in [4.69, 9.17) is 4.74 Å². The molecule has 23 heavy (non-hydrogen) atoms. The molecule has 3 heteroatoms. The Morgan fingerprint density at radius 2 is 1.57 bits per heavy atom. The normalized spacial score (nSPS) is 11.0. The fraction of sp³-hybridized carbons (Fsp3) is 0.200. The quantitative estimate of drug-likeness (QED) is 0.665. The highest BCUT2D eigenvalue weighted by atomic mass is 16.5. The van der Waals surface area contributed by atoms with E-state index in [0.717, 1.165) is 38.8 Å². The monoisotopic (exact) mass is 308 g/mol. The fourth-order valence-corrected chi connectivity index (χ4v) is 3.22. The number of ether oxygens (including phenoxy) is 1. The number of methoxy groups -OCH3 is 1. The maximum absolute atomic E-state index is 10.5. The zero-order chi connectivity index (χ0) is 16.7. The summed E-state index contributed by atoms with van der Waals surface area (Å²) in [6.07, 6.45) is 0. The third kappa shape index (κ3) is 2.29. The molecule has 0 aliphatic carbocycles. The lowest BCUT2D eigenvalue weighted by Crippen LogP contribution is -1.97. The molecule has 3 aromatic carbocycles. The molecule has 0 heterocycles. The van der Waals surface area contributed by atoms with Crippen molar-refractivity contribution in [2.75, 3.05) is 7.11 Å². The number of fused-ring (bicyclic) bond motifs is 1. The summed E-state index contributed by atoms with van der Waals surface area (Å²) in [6, 6.07) is 11.3. The predicted octanol–water partition coefficient (Wildman–Crippen LogP) is 4.85. The van der Waals surface area contributed by atoms with Crippen LogP contribution in [0.25, 0.3) is 21.9 Å². The summed E-state index contributed by atoms with van der Waals surface area (Å²) in [5, 5.41) is 22.5. The molecule has 3 rings (SSSR count). The van der Waals surface area contributed by atoms with Crippen molar-refractivity contribution in [3.05, 3.63) is 53.1 Å². The molecule has 0 radical (unpaired) electrons. The summed E-state index contributed by atoms with van der Waals surface area (Å²) in [7, 11) is 1.65. The number of aryl methyl sites for hydroxylation is 1. The fourth-order valence-electron chi connectivity index (χ4n) is 3.22. The smallest absolute Gasteiger partial charge is 0.166 e. The highest BCUT2D eigenvalue weighted by Gasteiger charge is 2.20. The van der Waals surface area contributed by atoms with Crippen LogP contribution in [0.1, 0.15) is 16.7 Å². The van der Waals surface area contributed by atoms with Gasteiger partial charge in [0, 0.05) is 5.56 Å². The van der Waals surface area contributed by atoms with Crippen LogP contribution in [0.4, 0.5) is 0 Å². The molecule has 0 saturated heterocycles. The van der Waals surface area contributed by atoms with E-state index >= 15 is 0 Å². The second kappa shape index (κ2) is 5.51. The van der Waals surface area contributed by atoms with Crippen LogP contribution in [-0.4, -0.2) is 17.3 Å². The molecule has 0 spiro atoms. The maximum atomic E-state index is 10.5. The number of phenols is 2. The highest BCUT2D eigenvalue weighted by Crippen LogP contribution is 2.46. The third-order valence-corrected chi connectivity index (χ3v) is 4.52. The molecular formula is C20H20O3. The Balaban J connectivity index is 2.47. The van der Waals surface area contributed by atoms with Crippen LogP contribution in [0.2, 0.25) is 0 Å². The number of hydrogen-bond acceptors (Lipinski definition) is 3. The number of phenolic OH excluding ortho intramolecular Hbond substituents is 2. The van der Waals surface area contributed by atoms with Gasteiger partial charge in [0.15, 0.2) is 11.5 Å². The average Bonchev–Trinajstić information content (AvgIpc) is 2.54. The van der Waals surface area contributed by atoms with Gasteiger partial charge in [-0.05, 0) is 65.9 Å². The predicted molar refractivity (Wildman–Crippen MR) is 93.5 cm³/mol. The van der Waals surface area contributed by atoms with Gasteiger partial charge in [-0.25, -0.2) is 0 Å². The summed E-state index contributed by atoms with van der Waals surface area (Å²) < 4.78 is 5.43. The number of benzene rings is 3. The number of rotatable bonds is 2. The summed E-state index contributed by atoms with van der Waals surface area (Å²) in [4.78, 5) is 0. The Hall–Kier alpha value is -2.68. The van der Waals surface area contributed by atoms with E-state index in [-0.39, 0.29) is 11.5 Å². The van der Waals surface area contributed by atoms with E-state index in [1.165, 1.54) is 0 Å². The van der Waals surface area contributed by atoms with Gasteiger partial charge in [0.1, 0.15) is 5.75 Å². The van der Waals surface area contributed by atoms with Crippen molar-refractivity contribution in [3.63, 3.8) is 0 Å². The standard InChI is InChI=1S/C20H20O3/c1-11-9-17(23-4)12(2)13(3)18(11)19-15-8-6-5-7-14(15)10-16(21)20(19)22/h5-10,21-22H,1-4H3. The van der Waals surface area contributed by atoms with Crippen LogP contribution in [-0.2, 0) is 0 Å². The molecule has 0 atom stereocenters. The van der Waals surface area contributed by atoms with Crippen LogP contribution in [0.15, 0.2) is 36.4 Å². The van der Waals surface area contributed by atoms with Crippen LogP contribution in [0.3, 0.4) is 0 Å². The Kier molecular flexibility index (Phi) is 3.64. The lowest BCUT2D eigenvalue weighted by molar-refractivity contribution is 0.406. The van der Waals surface area contributed by atoms with Crippen LogP contribution >= 0.6 is 0 Å². The molecule has 0 aliphatic rings. The molecule has 118 valence electrons. The van der Waals surface area contributed by atoms with Crippen LogP contribution < -0.4 is 4.74 Å². The Labute approximate surface area is 135 Å². The minimum absolute atomic E-state index is 0.0838. The molecule has 2 N–H and O–H groups in total. The van der Waals surface area contributed by atoms with E-state index < -0.39 is 0 Å². The molecule has 0 aliphatic heterocycles. The molecule has 0 fully saturated rings. The number of hydrogen-bond donors (Lipinski definition) is 2. The largest absolute Gasteiger partial charge is 0.504 e. The zero-order valence-corrected chi connectivity index (χ0v) is 13.8. The van der Waals surface area contributed by atoms with E-state index in [9.17, 15) is 10.2 Å². The van der Waals surface area contributed by atoms with Gasteiger partial charge >= 0.3 is 0 Å². The van der Waals surface area contributed by atoms with E-state index in [0.29, 0.717) is 5.56 Å². The molecule has 0 bridgehead atoms. The van der Waals surface area contributed by atoms with E-state index in [2.05, 4.69) is 0 Å². The first kappa shape index (κ1) is 15.2. The minimum Gasteiger partial charge on any atom is -0.504 e. The van der Waals surface area contributed by atoms with Crippen molar-refractivity contribution in [2.45, 2.75) is 20.8 Å². The van der Waals surface area contributed by atoms with Crippen molar-refractivity contribution in [2.24, 2.45) is 0 Å². The van der Waals surface area contributed by atoms with Gasteiger partial charge in [0.2, 0.25) is 0 Å². The third-order valence-electron chi connectivity index (χ3n) is 4.52. The van der Waals surface area contributed by atoms with E-state index in [1.807, 2.05) is 51.1 Å². The molecule has 0 amide bonds. The highest BCUT2D eigenvalue weighted by molar-refractivity contribution is 6.03. The lowest BCUT2D eigenvalue weighted by atomic mass is 9.88. The van der Waals surface area contributed by atoms with Gasteiger partial charge in [0.05, 0.1) is 7.11 Å². The van der Waals surface area contributed by atoms with Gasteiger partial charge < -0.3 is 14.9 Å². The maximum Gasteiger partial charge on any atom is 0.166 e. The summed E-state index contributed by atoms with van der Waals surface area (Å²) in [5.74, 6) is 0.637. The Morgan fingerprint density at radius 3 is 2.26 bits per heavy atom. The SMILES string of the molecule is COc1cc(C)c(-c2c(O)c(O)cc3ccccc23)c(C)c1C. The first-order chi connectivity index (χ1) is 11.0. The lowest BCUT2D eigenvalue weighted by Gasteiger charge is -2.19. The first-order valence-electron chi connectivity index (χ1n) is 7.54. The van der Waals surface area contributed by atoms with Crippen molar-refractivity contribution < 1.29 is 14.9 Å². The van der Waals surface area contributed by atoms with Crippen molar-refractivity contribution >= 4 is 10.8 Å². The molecule has 3 aromatic rings. The second-order valence-electron chi connectivity index (χ2n) is 5.86. The minimum atomic E-state index is -0.106. The van der Waals surface area contributed by atoms with E-state index in [1.54, 1.807) is 13.2 Å². The van der Waals surface area contributed by atoms with Crippen LogP contribution in [0.5, 0.6) is 17.2 Å². The first-order valence-corrected chi connectivity index (χ1v) is 7.54. The summed E-state index contributed by atoms with van der Waals surface area (Å²) >= 11 is 0. The molecule has 3 nitrogen and oxygen atoms in total. The molecular weight excluding hydrogens is 288 g/mol. The number of aromatic hydroxyl groups is 2. The molecule has 0 aromatic heterocycles. The van der Waals surface area contributed by atoms with Gasteiger partial charge in [-0.1, -0.05) is 24.3 Å². The van der Waals surface area contributed by atoms with Gasteiger partial charge in [-0.2, -0.15) is 0 Å². The Morgan fingerprint density at radius 1 is 0.870 bits per heavy atom. The van der Waals surface area contributed by atoms with Crippen molar-refractivity contribution in [1.82, 2.24) is 0 Å². The topological polar surface area (TPSA) is 49.7 Å². The zero-order valence-electron chi connectivity index (χ0n) is 13.8. The van der Waals surface area contributed by atoms with Crippen molar-refractivity contribution in [1.29, 1.82) is 0 Å². The van der Waals surface area contributed by atoms with Gasteiger partial charge in [0.25, 0.3) is 0 Å². The van der Waals surface area contributed by atoms with Gasteiger partial charge in [-0.3, -0.25) is 0 Å². The molecule has 0 saturated carbocycles.